The Balaban J connectivity index is 2.07. The van der Waals surface area contributed by atoms with E-state index in [1.54, 1.807) is 11.3 Å². The van der Waals surface area contributed by atoms with Gasteiger partial charge >= 0.3 is 0 Å². The minimum Gasteiger partial charge on any atom is -0.177 e. The largest absolute Gasteiger partial charge is 0.204 e. The molecule has 3 rings (SSSR count). The zero-order valence-corrected chi connectivity index (χ0v) is 9.11. The van der Waals surface area contributed by atoms with E-state index in [9.17, 15) is 0 Å². The molecule has 0 unspecified atom stereocenters. The fourth-order valence-electron chi connectivity index (χ4n) is 1.54. The summed E-state index contributed by atoms with van der Waals surface area (Å²) in [5, 5.41) is 16.0. The van der Waals surface area contributed by atoms with Crippen LogP contribution >= 0.6 is 11.3 Å². The molecule has 4 nitrogen and oxygen atoms in total. The lowest BCUT2D eigenvalue weighted by molar-refractivity contribution is 0.881. The Morgan fingerprint density at radius 3 is 2.75 bits per heavy atom. The maximum atomic E-state index is 3.97. The molecule has 0 amide bonds. The predicted octanol–water partition coefficient (Wildman–Crippen LogP) is 2.60. The van der Waals surface area contributed by atoms with E-state index in [2.05, 4.69) is 44.2 Å². The third-order valence-corrected chi connectivity index (χ3v) is 3.19. The van der Waals surface area contributed by atoms with Gasteiger partial charge in [-0.25, -0.2) is 0 Å². The number of rotatable bonds is 2. The third-order valence-electron chi connectivity index (χ3n) is 2.27. The Morgan fingerprint density at radius 1 is 1.06 bits per heavy atom. The van der Waals surface area contributed by atoms with Crippen molar-refractivity contribution in [3.05, 3.63) is 41.8 Å². The van der Waals surface area contributed by atoms with Crippen LogP contribution in [0.4, 0.5) is 0 Å². The van der Waals surface area contributed by atoms with Crippen LogP contribution in [0.15, 0.2) is 41.8 Å². The minimum atomic E-state index is 0.624. The Labute approximate surface area is 96.0 Å². The summed E-state index contributed by atoms with van der Waals surface area (Å²) >= 11 is 1.72. The van der Waals surface area contributed by atoms with E-state index in [0.717, 1.165) is 5.56 Å². The number of aromatic amines is 1. The second-order valence-corrected chi connectivity index (χ2v) is 4.24. The SMILES string of the molecule is c1cc(-c2nn[nH]n2)cc(-c2cccs2)c1. The Kier molecular flexibility index (Phi) is 2.23. The number of nitrogens with zero attached hydrogens (tertiary/aromatic N) is 3. The zero-order chi connectivity index (χ0) is 10.8. The van der Waals surface area contributed by atoms with Gasteiger partial charge < -0.3 is 0 Å². The maximum absolute atomic E-state index is 3.97. The van der Waals surface area contributed by atoms with Crippen LogP contribution in [0.25, 0.3) is 21.8 Å². The Bertz CT molecular complexity index is 522. The van der Waals surface area contributed by atoms with Crippen LogP contribution in [-0.4, -0.2) is 20.6 Å². The van der Waals surface area contributed by atoms with Crippen molar-refractivity contribution in [2.24, 2.45) is 0 Å². The normalized spacial score (nSPS) is 10.5. The first kappa shape index (κ1) is 9.23. The molecule has 16 heavy (non-hydrogen) atoms. The predicted molar refractivity (Wildman–Crippen MR) is 62.9 cm³/mol. The molecule has 2 aromatic heterocycles. The molecule has 0 radical (unpaired) electrons. The molecule has 0 saturated heterocycles. The number of thiophene rings is 1. The molecule has 0 fully saturated rings. The molecule has 1 N–H and O–H groups in total. The topological polar surface area (TPSA) is 54.5 Å². The van der Waals surface area contributed by atoms with Crippen molar-refractivity contribution in [3.8, 4) is 21.8 Å². The average molecular weight is 228 g/mol. The van der Waals surface area contributed by atoms with E-state index in [0.29, 0.717) is 5.82 Å². The molecule has 0 saturated carbocycles. The number of tetrazole rings is 1. The van der Waals surface area contributed by atoms with Crippen LogP contribution in [0.2, 0.25) is 0 Å². The second-order valence-electron chi connectivity index (χ2n) is 3.29. The van der Waals surface area contributed by atoms with Crippen molar-refractivity contribution in [2.75, 3.05) is 0 Å². The van der Waals surface area contributed by atoms with Gasteiger partial charge in [-0.3, -0.25) is 0 Å². The highest BCUT2D eigenvalue weighted by Gasteiger charge is 2.04. The highest BCUT2D eigenvalue weighted by molar-refractivity contribution is 7.13. The molecule has 0 aliphatic rings. The van der Waals surface area contributed by atoms with E-state index in [4.69, 9.17) is 0 Å². The highest BCUT2D eigenvalue weighted by atomic mass is 32.1. The lowest BCUT2D eigenvalue weighted by Gasteiger charge is -1.99. The molecule has 5 heteroatoms. The lowest BCUT2D eigenvalue weighted by Crippen LogP contribution is -1.81. The van der Waals surface area contributed by atoms with Gasteiger partial charge in [0.05, 0.1) is 0 Å². The number of benzene rings is 1. The number of H-pyrrole nitrogens is 1. The summed E-state index contributed by atoms with van der Waals surface area (Å²) in [6, 6.07) is 12.3. The summed E-state index contributed by atoms with van der Waals surface area (Å²) in [7, 11) is 0. The molecule has 3 aromatic rings. The van der Waals surface area contributed by atoms with Crippen molar-refractivity contribution in [3.63, 3.8) is 0 Å². The Morgan fingerprint density at radius 2 is 2.00 bits per heavy atom. The van der Waals surface area contributed by atoms with E-state index < -0.39 is 0 Å². The zero-order valence-electron chi connectivity index (χ0n) is 8.29. The fourth-order valence-corrected chi connectivity index (χ4v) is 2.26. The molecular weight excluding hydrogens is 220 g/mol. The molecule has 2 heterocycles. The maximum Gasteiger partial charge on any atom is 0.204 e. The van der Waals surface area contributed by atoms with Crippen LogP contribution in [0, 0.1) is 0 Å². The van der Waals surface area contributed by atoms with Crippen molar-refractivity contribution in [2.45, 2.75) is 0 Å². The summed E-state index contributed by atoms with van der Waals surface area (Å²) in [6.07, 6.45) is 0. The van der Waals surface area contributed by atoms with E-state index in [1.165, 1.54) is 10.4 Å². The minimum absolute atomic E-state index is 0.624. The van der Waals surface area contributed by atoms with Crippen LogP contribution < -0.4 is 0 Å². The van der Waals surface area contributed by atoms with Crippen molar-refractivity contribution in [1.29, 1.82) is 0 Å². The number of nitrogens with one attached hydrogen (secondary N) is 1. The molecule has 0 spiro atoms. The van der Waals surface area contributed by atoms with Gasteiger partial charge in [0.2, 0.25) is 5.82 Å². The van der Waals surface area contributed by atoms with Crippen LogP contribution in [0.1, 0.15) is 0 Å². The average Bonchev–Trinajstić information content (AvgIpc) is 3.03. The van der Waals surface area contributed by atoms with Gasteiger partial charge in [-0.15, -0.1) is 21.5 Å². The molecule has 0 atom stereocenters. The van der Waals surface area contributed by atoms with E-state index >= 15 is 0 Å². The van der Waals surface area contributed by atoms with E-state index in [1.807, 2.05) is 18.2 Å². The van der Waals surface area contributed by atoms with E-state index in [-0.39, 0.29) is 0 Å². The molecule has 0 aliphatic carbocycles. The first-order chi connectivity index (χ1) is 7.93. The summed E-state index contributed by atoms with van der Waals surface area (Å²) in [5.41, 5.74) is 2.15. The van der Waals surface area contributed by atoms with Crippen molar-refractivity contribution in [1.82, 2.24) is 20.6 Å². The summed E-state index contributed by atoms with van der Waals surface area (Å²) in [6.45, 7) is 0. The van der Waals surface area contributed by atoms with Gasteiger partial charge in [0.25, 0.3) is 0 Å². The number of hydrogen-bond acceptors (Lipinski definition) is 4. The van der Waals surface area contributed by atoms with Crippen molar-refractivity contribution < 1.29 is 0 Å². The quantitative estimate of drug-likeness (QED) is 0.733. The van der Waals surface area contributed by atoms with Gasteiger partial charge in [0.15, 0.2) is 0 Å². The highest BCUT2D eigenvalue weighted by Crippen LogP contribution is 2.27. The first-order valence-corrected chi connectivity index (χ1v) is 5.69. The fraction of sp³-hybridized carbons (Fsp3) is 0. The second kappa shape index (κ2) is 3.86. The Hall–Kier alpha value is -2.01. The number of aromatic nitrogens is 4. The summed E-state index contributed by atoms with van der Waals surface area (Å²) in [4.78, 5) is 1.24. The smallest absolute Gasteiger partial charge is 0.177 e. The molecular formula is C11H8N4S. The molecule has 0 aliphatic heterocycles. The molecule has 78 valence electrons. The van der Waals surface area contributed by atoms with Gasteiger partial charge in [0, 0.05) is 10.4 Å². The standard InChI is InChI=1S/C11H8N4S/c1-3-8(10-5-2-6-16-10)7-9(4-1)11-12-14-15-13-11/h1-7H,(H,12,13,14,15). The third kappa shape index (κ3) is 1.61. The van der Waals surface area contributed by atoms with Crippen LogP contribution in [-0.2, 0) is 0 Å². The van der Waals surface area contributed by atoms with Gasteiger partial charge in [-0.2, -0.15) is 5.21 Å². The monoisotopic (exact) mass is 228 g/mol. The summed E-state index contributed by atoms with van der Waals surface area (Å²) in [5.74, 6) is 0.624. The van der Waals surface area contributed by atoms with Gasteiger partial charge in [0.1, 0.15) is 0 Å². The summed E-state index contributed by atoms with van der Waals surface area (Å²) < 4.78 is 0. The van der Waals surface area contributed by atoms with Gasteiger partial charge in [-0.1, -0.05) is 24.3 Å². The van der Waals surface area contributed by atoms with Crippen LogP contribution in [0.5, 0.6) is 0 Å². The first-order valence-electron chi connectivity index (χ1n) is 4.81. The van der Waals surface area contributed by atoms with Crippen molar-refractivity contribution >= 4 is 11.3 Å². The van der Waals surface area contributed by atoms with Crippen LogP contribution in [0.3, 0.4) is 0 Å². The molecule has 1 aromatic carbocycles. The lowest BCUT2D eigenvalue weighted by atomic mass is 10.1. The van der Waals surface area contributed by atoms with Gasteiger partial charge in [-0.05, 0) is 28.3 Å². The number of hydrogen-bond donors (Lipinski definition) is 1. The molecule has 0 bridgehead atoms.